The van der Waals surface area contributed by atoms with Crippen molar-refractivity contribution in [2.75, 3.05) is 0 Å². The molecule has 1 aromatic rings. The van der Waals surface area contributed by atoms with E-state index in [1.165, 1.54) is 0 Å². The molecule has 14 heavy (non-hydrogen) atoms. The number of aliphatic carboxylic acids is 1. The Morgan fingerprint density at radius 1 is 1.50 bits per heavy atom. The Morgan fingerprint density at radius 2 is 2.07 bits per heavy atom. The van der Waals surface area contributed by atoms with E-state index in [-0.39, 0.29) is 10.0 Å². The van der Waals surface area contributed by atoms with E-state index in [1.54, 1.807) is 0 Å². The summed E-state index contributed by atoms with van der Waals surface area (Å²) < 4.78 is 26.1. The molecule has 0 aliphatic rings. The lowest BCUT2D eigenvalue weighted by atomic mass is 10.1. The second-order valence-electron chi connectivity index (χ2n) is 2.61. The molecule has 0 amide bonds. The lowest BCUT2D eigenvalue weighted by Crippen LogP contribution is -2.22. The first-order valence-electron chi connectivity index (χ1n) is 3.56. The zero-order chi connectivity index (χ0) is 10.9. The minimum Gasteiger partial charge on any atom is -0.480 e. The summed E-state index contributed by atoms with van der Waals surface area (Å²) in [6, 6.07) is 0.465. The van der Waals surface area contributed by atoms with Crippen molar-refractivity contribution in [3.05, 3.63) is 33.8 Å². The highest BCUT2D eigenvalue weighted by molar-refractivity contribution is 9.10. The second-order valence-corrected chi connectivity index (χ2v) is 3.52. The van der Waals surface area contributed by atoms with Crippen LogP contribution in [0.3, 0.4) is 0 Å². The predicted octanol–water partition coefficient (Wildman–Crippen LogP) is 1.81. The van der Waals surface area contributed by atoms with Crippen molar-refractivity contribution in [3.8, 4) is 0 Å². The molecule has 0 saturated heterocycles. The highest BCUT2D eigenvalue weighted by Crippen LogP contribution is 2.23. The minimum absolute atomic E-state index is 0.239. The van der Waals surface area contributed by atoms with Crippen molar-refractivity contribution < 1.29 is 18.7 Å². The lowest BCUT2D eigenvalue weighted by molar-refractivity contribution is -0.138. The number of carbonyl (C=O) groups is 1. The van der Waals surface area contributed by atoms with Crippen LogP contribution < -0.4 is 5.73 Å². The Morgan fingerprint density at radius 3 is 2.57 bits per heavy atom. The van der Waals surface area contributed by atoms with Gasteiger partial charge in [-0.25, -0.2) is 8.78 Å². The van der Waals surface area contributed by atoms with Gasteiger partial charge in [-0.1, -0.05) is 15.9 Å². The van der Waals surface area contributed by atoms with Gasteiger partial charge in [0.25, 0.3) is 0 Å². The van der Waals surface area contributed by atoms with Crippen LogP contribution in [0, 0.1) is 11.6 Å². The number of nitrogens with two attached hydrogens (primary N) is 1. The fourth-order valence-corrected chi connectivity index (χ4v) is 1.38. The number of carboxylic acids is 1. The van der Waals surface area contributed by atoms with Crippen LogP contribution in [-0.2, 0) is 4.79 Å². The molecule has 0 fully saturated rings. The Bertz CT molecular complexity index is 384. The molecule has 6 heteroatoms. The van der Waals surface area contributed by atoms with Crippen LogP contribution in [0.25, 0.3) is 0 Å². The number of hydrogen-bond acceptors (Lipinski definition) is 2. The molecule has 0 spiro atoms. The van der Waals surface area contributed by atoms with E-state index in [4.69, 9.17) is 10.8 Å². The zero-order valence-corrected chi connectivity index (χ0v) is 8.38. The molecule has 0 saturated carbocycles. The van der Waals surface area contributed by atoms with Gasteiger partial charge < -0.3 is 10.8 Å². The molecule has 3 N–H and O–H groups in total. The second kappa shape index (κ2) is 4.02. The quantitative estimate of drug-likeness (QED) is 0.802. The van der Waals surface area contributed by atoms with E-state index in [0.717, 1.165) is 12.1 Å². The van der Waals surface area contributed by atoms with Crippen LogP contribution in [0.2, 0.25) is 0 Å². The Balaban J connectivity index is 3.26. The molecule has 3 nitrogen and oxygen atoms in total. The number of halogens is 3. The van der Waals surface area contributed by atoms with Crippen molar-refractivity contribution in [1.29, 1.82) is 0 Å². The van der Waals surface area contributed by atoms with Crippen LogP contribution in [0.5, 0.6) is 0 Å². The molecule has 0 bridgehead atoms. The maximum Gasteiger partial charge on any atom is 0.325 e. The maximum absolute atomic E-state index is 13.1. The molecule has 1 aromatic carbocycles. The third-order valence-electron chi connectivity index (χ3n) is 1.62. The number of rotatable bonds is 2. The molecule has 0 radical (unpaired) electrons. The first-order chi connectivity index (χ1) is 6.43. The van der Waals surface area contributed by atoms with Crippen LogP contribution in [-0.4, -0.2) is 11.1 Å². The van der Waals surface area contributed by atoms with Crippen molar-refractivity contribution >= 4 is 21.9 Å². The maximum atomic E-state index is 13.1. The fraction of sp³-hybridized carbons (Fsp3) is 0.125. The highest BCUT2D eigenvalue weighted by atomic mass is 79.9. The van der Waals surface area contributed by atoms with Crippen molar-refractivity contribution in [3.63, 3.8) is 0 Å². The van der Waals surface area contributed by atoms with Gasteiger partial charge in [-0.15, -0.1) is 0 Å². The highest BCUT2D eigenvalue weighted by Gasteiger charge is 2.21. The molecule has 1 atom stereocenters. The minimum atomic E-state index is -1.57. The van der Waals surface area contributed by atoms with Gasteiger partial charge in [-0.05, 0) is 12.1 Å². The van der Waals surface area contributed by atoms with E-state index in [9.17, 15) is 13.6 Å². The van der Waals surface area contributed by atoms with Crippen LogP contribution in [0.15, 0.2) is 16.6 Å². The Labute approximate surface area is 86.7 Å². The largest absolute Gasteiger partial charge is 0.480 e. The third-order valence-corrected chi connectivity index (χ3v) is 2.08. The number of carboxylic acid groups (broad SMARTS) is 1. The van der Waals surface area contributed by atoms with Gasteiger partial charge in [0.1, 0.15) is 6.04 Å². The van der Waals surface area contributed by atoms with Gasteiger partial charge in [0.05, 0.1) is 0 Å². The summed E-state index contributed by atoms with van der Waals surface area (Å²) in [7, 11) is 0. The molecule has 1 rings (SSSR count). The molecule has 0 aliphatic heterocycles. The molecular weight excluding hydrogens is 260 g/mol. The van der Waals surface area contributed by atoms with Gasteiger partial charge in [0.2, 0.25) is 0 Å². The molecular formula is C8H6BrF2NO2. The summed E-state index contributed by atoms with van der Waals surface area (Å²) in [4.78, 5) is 10.4. The monoisotopic (exact) mass is 265 g/mol. The molecule has 76 valence electrons. The van der Waals surface area contributed by atoms with Crippen molar-refractivity contribution in [2.45, 2.75) is 6.04 Å². The Kier molecular flexibility index (Phi) is 3.17. The first kappa shape index (κ1) is 11.1. The van der Waals surface area contributed by atoms with Crippen LogP contribution in [0.1, 0.15) is 11.6 Å². The summed E-state index contributed by atoms with van der Waals surface area (Å²) in [6.07, 6.45) is 0. The molecule has 0 aromatic heterocycles. The smallest absolute Gasteiger partial charge is 0.325 e. The van der Waals surface area contributed by atoms with Gasteiger partial charge in [-0.3, -0.25) is 4.79 Å². The molecule has 0 aliphatic carbocycles. The van der Waals surface area contributed by atoms with E-state index in [2.05, 4.69) is 15.9 Å². The Hall–Kier alpha value is -1.01. The summed E-state index contributed by atoms with van der Waals surface area (Å²) >= 11 is 2.91. The van der Waals surface area contributed by atoms with Crippen molar-refractivity contribution in [1.82, 2.24) is 0 Å². The summed E-state index contributed by atoms with van der Waals surface area (Å²) in [5.41, 5.74) is 4.76. The average molecular weight is 266 g/mol. The SMILES string of the molecule is NC(C(=O)O)c1cc(Br)cc(F)c1F. The van der Waals surface area contributed by atoms with Crippen LogP contribution in [0.4, 0.5) is 8.78 Å². The summed E-state index contributed by atoms with van der Waals surface area (Å²) in [6.45, 7) is 0. The lowest BCUT2D eigenvalue weighted by Gasteiger charge is -2.08. The molecule has 1 unspecified atom stereocenters. The fourth-order valence-electron chi connectivity index (χ4n) is 0.935. The van der Waals surface area contributed by atoms with Crippen molar-refractivity contribution in [2.24, 2.45) is 5.73 Å². The standard InChI is InChI=1S/C8H6BrF2NO2/c9-3-1-4(7(12)8(13)14)6(11)5(10)2-3/h1-2,7H,12H2,(H,13,14). The van der Waals surface area contributed by atoms with E-state index < -0.39 is 23.6 Å². The van der Waals surface area contributed by atoms with E-state index in [0.29, 0.717) is 0 Å². The summed E-state index contributed by atoms with van der Waals surface area (Å²) in [5, 5.41) is 8.51. The van der Waals surface area contributed by atoms with Crippen LogP contribution >= 0.6 is 15.9 Å². The predicted molar refractivity (Wildman–Crippen MR) is 48.6 cm³/mol. The van der Waals surface area contributed by atoms with E-state index >= 15 is 0 Å². The van der Waals surface area contributed by atoms with E-state index in [1.807, 2.05) is 0 Å². The number of hydrogen-bond donors (Lipinski definition) is 2. The normalized spacial score (nSPS) is 12.6. The topological polar surface area (TPSA) is 63.3 Å². The van der Waals surface area contributed by atoms with Gasteiger partial charge in [0.15, 0.2) is 11.6 Å². The first-order valence-corrected chi connectivity index (χ1v) is 4.35. The third kappa shape index (κ3) is 2.08. The van der Waals surface area contributed by atoms with Gasteiger partial charge in [-0.2, -0.15) is 0 Å². The summed E-state index contributed by atoms with van der Waals surface area (Å²) in [5.74, 6) is -3.78. The zero-order valence-electron chi connectivity index (χ0n) is 6.80. The van der Waals surface area contributed by atoms with Gasteiger partial charge in [0, 0.05) is 10.0 Å². The van der Waals surface area contributed by atoms with Gasteiger partial charge >= 0.3 is 5.97 Å². The number of benzene rings is 1. The average Bonchev–Trinajstić information content (AvgIpc) is 2.09. The molecule has 0 heterocycles.